The van der Waals surface area contributed by atoms with E-state index < -0.39 is 49.5 Å². The van der Waals surface area contributed by atoms with E-state index in [9.17, 15) is 30.3 Å². The molecule has 6 N–H and O–H groups in total. The molecule has 7 unspecified atom stereocenters. The highest BCUT2D eigenvalue weighted by molar-refractivity contribution is 5.76. The zero-order valence-corrected chi connectivity index (χ0v) is 32.2. The van der Waals surface area contributed by atoms with E-state index in [0.717, 1.165) is 51.4 Å². The second-order valence-corrected chi connectivity index (χ2v) is 14.8. The number of carbonyl (C=O) groups excluding carboxylic acids is 1. The van der Waals surface area contributed by atoms with Crippen LogP contribution in [-0.2, 0) is 14.3 Å². The van der Waals surface area contributed by atoms with Crippen molar-refractivity contribution in [3.05, 3.63) is 12.2 Å². The molecule has 50 heavy (non-hydrogen) atoms. The fraction of sp³-hybridized carbons (Fsp3) is 0.927. The second-order valence-electron chi connectivity index (χ2n) is 14.8. The summed E-state index contributed by atoms with van der Waals surface area (Å²) in [5.41, 5.74) is 0. The van der Waals surface area contributed by atoms with Crippen molar-refractivity contribution in [2.24, 2.45) is 0 Å². The first-order valence-electron chi connectivity index (χ1n) is 20.9. The molecule has 1 fully saturated rings. The van der Waals surface area contributed by atoms with E-state index in [-0.39, 0.29) is 12.5 Å². The Balaban J connectivity index is 2.37. The maximum absolute atomic E-state index is 12.9. The fourth-order valence-corrected chi connectivity index (χ4v) is 6.68. The summed E-state index contributed by atoms with van der Waals surface area (Å²) in [6.45, 7) is 3.80. The van der Waals surface area contributed by atoms with Crippen LogP contribution in [-0.4, -0.2) is 87.5 Å². The van der Waals surface area contributed by atoms with Crippen molar-refractivity contribution in [2.75, 3.05) is 13.2 Å². The Hall–Kier alpha value is -1.07. The Labute approximate surface area is 306 Å². The summed E-state index contributed by atoms with van der Waals surface area (Å²) in [7, 11) is 0. The van der Waals surface area contributed by atoms with Crippen molar-refractivity contribution < 1.29 is 39.8 Å². The quantitative estimate of drug-likeness (QED) is 0.0293. The van der Waals surface area contributed by atoms with Crippen LogP contribution in [0.2, 0.25) is 0 Å². The number of carbonyl (C=O) groups is 1. The molecule has 0 aromatic carbocycles. The Morgan fingerprint density at radius 1 is 0.660 bits per heavy atom. The van der Waals surface area contributed by atoms with Crippen LogP contribution < -0.4 is 5.32 Å². The number of aliphatic hydroxyl groups is 5. The van der Waals surface area contributed by atoms with Gasteiger partial charge in [-0.15, -0.1) is 0 Å². The largest absolute Gasteiger partial charge is 0.394 e. The lowest BCUT2D eigenvalue weighted by atomic mass is 9.99. The summed E-state index contributed by atoms with van der Waals surface area (Å²) in [6, 6.07) is -0.717. The van der Waals surface area contributed by atoms with E-state index >= 15 is 0 Å². The molecule has 0 radical (unpaired) electrons. The van der Waals surface area contributed by atoms with Gasteiger partial charge in [0.25, 0.3) is 0 Å². The van der Waals surface area contributed by atoms with Gasteiger partial charge in [0.05, 0.1) is 25.4 Å². The predicted molar refractivity (Wildman–Crippen MR) is 203 cm³/mol. The molecule has 1 aliphatic rings. The third-order valence-corrected chi connectivity index (χ3v) is 10.1. The maximum atomic E-state index is 12.9. The zero-order valence-electron chi connectivity index (χ0n) is 32.2. The number of hydrogen-bond donors (Lipinski definition) is 6. The minimum absolute atomic E-state index is 0.139. The minimum Gasteiger partial charge on any atom is -0.394 e. The van der Waals surface area contributed by atoms with Gasteiger partial charge in [0.2, 0.25) is 5.91 Å². The van der Waals surface area contributed by atoms with E-state index in [1.165, 1.54) is 109 Å². The van der Waals surface area contributed by atoms with Crippen LogP contribution in [0.25, 0.3) is 0 Å². The maximum Gasteiger partial charge on any atom is 0.220 e. The van der Waals surface area contributed by atoms with E-state index in [0.29, 0.717) is 12.8 Å². The van der Waals surface area contributed by atoms with Crippen LogP contribution >= 0.6 is 0 Å². The number of unbranched alkanes of at least 4 members (excludes halogenated alkanes) is 22. The Kier molecular flexibility index (Phi) is 30.6. The number of aliphatic hydroxyl groups excluding tert-OH is 5. The molecule has 0 bridgehead atoms. The SMILES string of the molecule is CCCCCCCCC/C=C\CCCCCCCC(=O)NC(COC1OC(CO)C(O)C(O)C1O)C(O)CCCCCCCCCCCCC. The summed E-state index contributed by atoms with van der Waals surface area (Å²) in [4.78, 5) is 12.9. The molecular weight excluding hydrogens is 634 g/mol. The number of nitrogens with one attached hydrogen (secondary N) is 1. The van der Waals surface area contributed by atoms with Gasteiger partial charge in [0.15, 0.2) is 6.29 Å². The predicted octanol–water partition coefficient (Wildman–Crippen LogP) is 7.78. The van der Waals surface area contributed by atoms with Crippen molar-refractivity contribution in [2.45, 2.75) is 230 Å². The van der Waals surface area contributed by atoms with Crippen LogP contribution in [0.5, 0.6) is 0 Å². The van der Waals surface area contributed by atoms with Gasteiger partial charge in [-0.25, -0.2) is 0 Å². The monoisotopic (exact) mass is 714 g/mol. The van der Waals surface area contributed by atoms with Crippen molar-refractivity contribution in [1.29, 1.82) is 0 Å². The molecular formula is C41H79NO8. The normalized spacial score (nSPS) is 22.3. The molecule has 7 atom stereocenters. The third kappa shape index (κ3) is 23.5. The van der Waals surface area contributed by atoms with Crippen molar-refractivity contribution in [3.63, 3.8) is 0 Å². The lowest BCUT2D eigenvalue weighted by Gasteiger charge is -2.40. The van der Waals surface area contributed by atoms with Gasteiger partial charge in [0.1, 0.15) is 24.4 Å². The van der Waals surface area contributed by atoms with Gasteiger partial charge in [0, 0.05) is 6.42 Å². The molecule has 296 valence electrons. The van der Waals surface area contributed by atoms with Crippen LogP contribution in [0.4, 0.5) is 0 Å². The third-order valence-electron chi connectivity index (χ3n) is 10.1. The van der Waals surface area contributed by atoms with E-state index in [4.69, 9.17) is 9.47 Å². The van der Waals surface area contributed by atoms with Crippen LogP contribution in [0.3, 0.4) is 0 Å². The highest BCUT2D eigenvalue weighted by Crippen LogP contribution is 2.23. The smallest absolute Gasteiger partial charge is 0.220 e. The van der Waals surface area contributed by atoms with Crippen LogP contribution in [0.15, 0.2) is 12.2 Å². The fourth-order valence-electron chi connectivity index (χ4n) is 6.68. The Morgan fingerprint density at radius 3 is 1.62 bits per heavy atom. The molecule has 1 heterocycles. The molecule has 0 spiro atoms. The van der Waals surface area contributed by atoms with Gasteiger partial charge >= 0.3 is 0 Å². The summed E-state index contributed by atoms with van der Waals surface area (Å²) in [5.74, 6) is -0.154. The molecule has 1 saturated heterocycles. The molecule has 0 aromatic heterocycles. The molecule has 1 aliphatic heterocycles. The summed E-state index contributed by atoms with van der Waals surface area (Å²) in [6.07, 6.45) is 27.9. The first kappa shape index (κ1) is 47.0. The summed E-state index contributed by atoms with van der Waals surface area (Å²) >= 11 is 0. The molecule has 1 rings (SSSR count). The molecule has 9 heteroatoms. The van der Waals surface area contributed by atoms with Gasteiger partial charge < -0.3 is 40.3 Å². The second kappa shape index (κ2) is 32.6. The number of ether oxygens (including phenoxy) is 2. The number of amides is 1. The van der Waals surface area contributed by atoms with Crippen molar-refractivity contribution in [3.8, 4) is 0 Å². The van der Waals surface area contributed by atoms with Crippen LogP contribution in [0, 0.1) is 0 Å². The van der Waals surface area contributed by atoms with Gasteiger partial charge in [-0.2, -0.15) is 0 Å². The van der Waals surface area contributed by atoms with Crippen molar-refractivity contribution in [1.82, 2.24) is 5.32 Å². The average Bonchev–Trinajstić information content (AvgIpc) is 3.11. The number of rotatable bonds is 34. The summed E-state index contributed by atoms with van der Waals surface area (Å²) < 4.78 is 11.2. The minimum atomic E-state index is -1.55. The van der Waals surface area contributed by atoms with Gasteiger partial charge in [-0.1, -0.05) is 154 Å². The molecule has 0 aromatic rings. The molecule has 1 amide bonds. The van der Waals surface area contributed by atoms with Gasteiger partial charge in [-0.05, 0) is 38.5 Å². The lowest BCUT2D eigenvalue weighted by Crippen LogP contribution is -2.60. The van der Waals surface area contributed by atoms with E-state index in [2.05, 4.69) is 31.3 Å². The summed E-state index contributed by atoms with van der Waals surface area (Å²) in [5, 5.41) is 54.1. The van der Waals surface area contributed by atoms with Crippen molar-refractivity contribution >= 4 is 5.91 Å². The zero-order chi connectivity index (χ0) is 36.7. The van der Waals surface area contributed by atoms with E-state index in [1.54, 1.807) is 0 Å². The number of allylic oxidation sites excluding steroid dienone is 2. The Bertz CT molecular complexity index is 797. The lowest BCUT2D eigenvalue weighted by molar-refractivity contribution is -0.302. The highest BCUT2D eigenvalue weighted by Gasteiger charge is 2.44. The molecule has 0 saturated carbocycles. The molecule has 9 nitrogen and oxygen atoms in total. The highest BCUT2D eigenvalue weighted by atomic mass is 16.7. The van der Waals surface area contributed by atoms with Crippen LogP contribution in [0.1, 0.15) is 187 Å². The van der Waals surface area contributed by atoms with Gasteiger partial charge in [-0.3, -0.25) is 4.79 Å². The standard InChI is InChI=1S/C41H79NO8/c1-3-5-7-9-11-13-15-16-17-18-19-21-23-25-27-29-31-37(45)42-34(33-49-41-40(48)39(47)38(46)36(32-43)50-41)35(44)30-28-26-24-22-20-14-12-10-8-6-4-2/h17-18,34-36,38-41,43-44,46-48H,3-16,19-33H2,1-2H3,(H,42,45)/b18-17-. The number of hydrogen-bond acceptors (Lipinski definition) is 8. The molecule has 0 aliphatic carbocycles. The Morgan fingerprint density at radius 2 is 1.12 bits per heavy atom. The first-order chi connectivity index (χ1) is 24.3. The first-order valence-corrected chi connectivity index (χ1v) is 20.9. The average molecular weight is 714 g/mol. The topological polar surface area (TPSA) is 149 Å². The van der Waals surface area contributed by atoms with E-state index in [1.807, 2.05) is 0 Å².